The number of piperidine rings is 2. The highest BCUT2D eigenvalue weighted by atomic mass is 19.3. The van der Waals surface area contributed by atoms with E-state index in [2.05, 4.69) is 26.0 Å². The molecule has 2 aromatic heterocycles. The van der Waals surface area contributed by atoms with Crippen molar-refractivity contribution in [1.29, 1.82) is 0 Å². The van der Waals surface area contributed by atoms with Crippen molar-refractivity contribution in [3.05, 3.63) is 81.3 Å². The highest BCUT2D eigenvalue weighted by Gasteiger charge is 2.34. The van der Waals surface area contributed by atoms with Gasteiger partial charge in [-0.05, 0) is 87.3 Å². The lowest BCUT2D eigenvalue weighted by Gasteiger charge is -2.42. The van der Waals surface area contributed by atoms with E-state index in [9.17, 15) is 32.8 Å². The van der Waals surface area contributed by atoms with Crippen molar-refractivity contribution in [2.24, 2.45) is 12.8 Å². The van der Waals surface area contributed by atoms with Crippen LogP contribution in [0, 0.1) is 6.92 Å². The van der Waals surface area contributed by atoms with Crippen LogP contribution >= 0.6 is 0 Å². The van der Waals surface area contributed by atoms with Gasteiger partial charge in [-0.25, -0.2) is 13.8 Å². The number of anilines is 2. The Bertz CT molecular complexity index is 2550. The lowest BCUT2D eigenvalue weighted by atomic mass is 9.91. The number of nitrogens with one attached hydrogen (secondary N) is 3. The molecule has 6 heterocycles. The number of likely N-dealkylation sites (tertiary alicyclic amines) is 1. The summed E-state index contributed by atoms with van der Waals surface area (Å²) < 4.78 is 32.2. The predicted molar refractivity (Wildman–Crippen MR) is 238 cm³/mol. The Morgan fingerprint density at radius 2 is 1.80 bits per heavy atom. The highest BCUT2D eigenvalue weighted by Crippen LogP contribution is 2.40. The van der Waals surface area contributed by atoms with Crippen LogP contribution in [0.2, 0.25) is 0 Å². The van der Waals surface area contributed by atoms with Gasteiger partial charge in [-0.1, -0.05) is 6.07 Å². The largest absolute Gasteiger partial charge is 0.385 e. The van der Waals surface area contributed by atoms with Crippen LogP contribution in [0.3, 0.4) is 0 Å². The van der Waals surface area contributed by atoms with E-state index in [-0.39, 0.29) is 47.7 Å². The van der Waals surface area contributed by atoms with Gasteiger partial charge in [0, 0.05) is 119 Å². The topological polar surface area (TPSA) is 193 Å². The van der Waals surface area contributed by atoms with Crippen LogP contribution in [0.1, 0.15) is 94.1 Å². The monoisotopic (exact) mass is 881 g/mol. The van der Waals surface area contributed by atoms with Gasteiger partial charge < -0.3 is 31.1 Å². The van der Waals surface area contributed by atoms with E-state index in [1.807, 2.05) is 21.9 Å². The summed E-state index contributed by atoms with van der Waals surface area (Å²) >= 11 is 0. The number of carbonyl (C=O) groups excluding carboxylic acids is 4. The van der Waals surface area contributed by atoms with Gasteiger partial charge in [0.15, 0.2) is 0 Å². The number of halogens is 2. The Hall–Kier alpha value is -6.17. The molecule has 4 amide bonds. The Balaban J connectivity index is 0.875. The van der Waals surface area contributed by atoms with Crippen LogP contribution in [0.15, 0.2) is 58.8 Å². The molecule has 2 aromatic carbocycles. The van der Waals surface area contributed by atoms with Crippen molar-refractivity contribution >= 4 is 45.9 Å². The van der Waals surface area contributed by atoms with Crippen LogP contribution in [-0.4, -0.2) is 104 Å². The van der Waals surface area contributed by atoms with Gasteiger partial charge in [0.2, 0.25) is 23.6 Å². The van der Waals surface area contributed by atoms with Gasteiger partial charge in [0.05, 0.1) is 17.1 Å². The first-order valence-electron chi connectivity index (χ1n) is 22.3. The average molecular weight is 882 g/mol. The van der Waals surface area contributed by atoms with Gasteiger partial charge >= 0.3 is 0 Å². The molecule has 2 unspecified atom stereocenters. The fourth-order valence-electron chi connectivity index (χ4n) is 9.74. The van der Waals surface area contributed by atoms with Gasteiger partial charge in [-0.2, -0.15) is 5.10 Å². The summed E-state index contributed by atoms with van der Waals surface area (Å²) in [7, 11) is 1.76. The molecule has 0 spiro atoms. The first-order chi connectivity index (χ1) is 30.8. The van der Waals surface area contributed by atoms with Gasteiger partial charge in [0.25, 0.3) is 12.0 Å². The normalized spacial score (nSPS) is 19.0. The first kappa shape index (κ1) is 44.4. The Kier molecular flexibility index (Phi) is 13.1. The van der Waals surface area contributed by atoms with Crippen molar-refractivity contribution < 1.29 is 28.0 Å². The molecule has 340 valence electrons. The minimum Gasteiger partial charge on any atom is -0.385 e. The maximum Gasteiger partial charge on any atom is 0.264 e. The fourth-order valence-corrected chi connectivity index (χ4v) is 9.74. The number of nitrogens with zero attached hydrogens (tertiary/aromatic N) is 7. The van der Waals surface area contributed by atoms with E-state index in [0.29, 0.717) is 104 Å². The van der Waals surface area contributed by atoms with Gasteiger partial charge in [0.1, 0.15) is 18.0 Å². The second-order valence-corrected chi connectivity index (χ2v) is 17.4. The number of benzene rings is 2. The number of nitrogens with two attached hydrogens (primary N) is 1. The zero-order valence-corrected chi connectivity index (χ0v) is 36.7. The van der Waals surface area contributed by atoms with Crippen LogP contribution in [0.25, 0.3) is 22.0 Å². The summed E-state index contributed by atoms with van der Waals surface area (Å²) in [6.45, 7) is 6.41. The number of hydrogen-bond acceptors (Lipinski definition) is 11. The number of hydrogen-bond donors (Lipinski definition) is 4. The number of imide groups is 1. The Morgan fingerprint density at radius 1 is 1.00 bits per heavy atom. The molecule has 0 bridgehead atoms. The van der Waals surface area contributed by atoms with E-state index < -0.39 is 24.5 Å². The number of amides is 4. The second kappa shape index (κ2) is 18.9. The average Bonchev–Trinajstić information content (AvgIpc) is 3.72. The van der Waals surface area contributed by atoms with E-state index in [4.69, 9.17) is 5.73 Å². The molecular weight excluding hydrogens is 825 g/mol. The molecular formula is C46H57F2N11O5. The summed E-state index contributed by atoms with van der Waals surface area (Å²) in [5, 5.41) is 14.0. The number of rotatable bonds is 13. The molecule has 2 fully saturated rings. The maximum atomic E-state index is 14.6. The third-order valence-corrected chi connectivity index (χ3v) is 13.2. The molecule has 2 saturated heterocycles. The quantitative estimate of drug-likeness (QED) is 0.110. The molecule has 4 aromatic rings. The summed E-state index contributed by atoms with van der Waals surface area (Å²) in [6.07, 6.45) is 5.69. The summed E-state index contributed by atoms with van der Waals surface area (Å²) in [6, 6.07) is 8.09. The molecule has 64 heavy (non-hydrogen) atoms. The van der Waals surface area contributed by atoms with Crippen LogP contribution < -0.4 is 32.1 Å². The van der Waals surface area contributed by atoms with Crippen LogP contribution in [0.4, 0.5) is 20.2 Å². The first-order valence-corrected chi connectivity index (χ1v) is 22.3. The van der Waals surface area contributed by atoms with Crippen molar-refractivity contribution in [2.75, 3.05) is 49.5 Å². The minimum atomic E-state index is -2.70. The van der Waals surface area contributed by atoms with E-state index in [1.165, 1.54) is 4.57 Å². The van der Waals surface area contributed by atoms with Crippen LogP contribution in [0.5, 0.6) is 0 Å². The van der Waals surface area contributed by atoms with Gasteiger partial charge in [-0.15, -0.1) is 0 Å². The molecule has 0 aliphatic carbocycles. The summed E-state index contributed by atoms with van der Waals surface area (Å²) in [5.41, 5.74) is 12.4. The van der Waals surface area contributed by atoms with Crippen LogP contribution in [-0.2, 0) is 32.6 Å². The molecule has 2 atom stereocenters. The molecule has 4 aliphatic rings. The third-order valence-electron chi connectivity index (χ3n) is 13.2. The van der Waals surface area contributed by atoms with E-state index in [0.717, 1.165) is 42.5 Å². The maximum absolute atomic E-state index is 14.6. The summed E-state index contributed by atoms with van der Waals surface area (Å²) in [5.74, 6) is -0.433. The molecule has 0 radical (unpaired) electrons. The predicted octanol–water partition coefficient (Wildman–Crippen LogP) is 4.43. The van der Waals surface area contributed by atoms with Crippen molar-refractivity contribution in [3.8, 4) is 11.1 Å². The number of fused-ring (bicyclic) bond motifs is 2. The van der Waals surface area contributed by atoms with Crippen molar-refractivity contribution in [1.82, 2.24) is 39.8 Å². The minimum absolute atomic E-state index is 0.0521. The SMILES string of the molecule is CC(=O)N1CCC(NC2CCN(C(=O)CCCCNc3cccc4nc(C)n(C5CCC(=O)NC5=O)c(=O)c34)CC2)=C(C(N)N2CCCc3cc(-c4cnn(C)c4)c(C(F)F)cc32)C1. The molecule has 8 rings (SSSR count). The standard InChI is InChI=1S/C46H57F2N11O5/c1-27-52-37-10-6-9-36(42(37)46(64)59(27)38-12-13-40(61)54-45(38)63)50-17-5-4-11-41(62)56-19-14-31(15-20-56)53-35-16-21-57(28(2)60)26-34(35)44(49)58-18-7-8-29-22-32(30-24-51-55(3)25-30)33(43(47)48)23-39(29)58/h6,9-10,22-25,31,38,43-44,50,53H,4-5,7-8,11-21,26,49H2,1-3H3,(H,54,61,63). The number of aryl methyl sites for hydroxylation is 3. The van der Waals surface area contributed by atoms with Crippen molar-refractivity contribution in [3.63, 3.8) is 0 Å². The van der Waals surface area contributed by atoms with Gasteiger partial charge in [-0.3, -0.25) is 38.5 Å². The molecule has 0 saturated carbocycles. The lowest BCUT2D eigenvalue weighted by Crippen LogP contribution is -2.53. The fraction of sp³-hybridized carbons (Fsp3) is 0.500. The third kappa shape index (κ3) is 9.23. The van der Waals surface area contributed by atoms with E-state index in [1.54, 1.807) is 61.1 Å². The molecule has 4 aliphatic heterocycles. The molecule has 16 nitrogen and oxygen atoms in total. The van der Waals surface area contributed by atoms with E-state index >= 15 is 0 Å². The lowest BCUT2D eigenvalue weighted by molar-refractivity contribution is -0.136. The zero-order valence-electron chi connectivity index (χ0n) is 36.7. The molecule has 18 heteroatoms. The number of alkyl halides is 2. The highest BCUT2D eigenvalue weighted by molar-refractivity contribution is 6.00. The zero-order chi connectivity index (χ0) is 45.2. The Morgan fingerprint density at radius 3 is 2.52 bits per heavy atom. The summed E-state index contributed by atoms with van der Waals surface area (Å²) in [4.78, 5) is 74.4. The number of unbranched alkanes of at least 4 members (excludes halogenated alkanes) is 1. The smallest absolute Gasteiger partial charge is 0.264 e. The number of aromatic nitrogens is 4. The second-order valence-electron chi connectivity index (χ2n) is 17.4. The van der Waals surface area contributed by atoms with Crippen molar-refractivity contribution in [2.45, 2.75) is 103 Å². The number of carbonyl (C=O) groups is 4. The Labute approximate surface area is 370 Å². The molecule has 5 N–H and O–H groups in total.